The van der Waals surface area contributed by atoms with Gasteiger partial charge in [-0.25, -0.2) is 0 Å². The molecule has 212 valence electrons. The molecule has 0 aromatic rings. The van der Waals surface area contributed by atoms with Crippen LogP contribution >= 0.6 is 15.8 Å². The molecule has 2 N–H and O–H groups in total. The van der Waals surface area contributed by atoms with Crippen molar-refractivity contribution in [2.24, 2.45) is 5.73 Å². The van der Waals surface area contributed by atoms with Crippen molar-refractivity contribution in [3.63, 3.8) is 0 Å². The van der Waals surface area contributed by atoms with Gasteiger partial charge in [-0.1, -0.05) is 119 Å². The summed E-state index contributed by atoms with van der Waals surface area (Å²) in [4.78, 5) is 0. The maximum Gasteiger partial charge on any atom is 0.0508 e. The first kappa shape index (κ1) is 30.3. The molecule has 0 saturated heterocycles. The Morgan fingerprint density at radius 3 is 1.00 bits per heavy atom. The standard InChI is InChI=1S/C34H61NP2/c1-4-28(36(30-18-10-6-11-19-30)31-20-12-7-13-21-31)26-34(3,35)27-29(5-2)37(32-22-14-8-15-23-32)33-24-16-9-17-25-33/h26-27,30-33H,4-25,35H2,1-3H3/b28-26-,29-27-. The maximum atomic E-state index is 7.33. The number of rotatable bonds is 10. The highest BCUT2D eigenvalue weighted by atomic mass is 31.1. The van der Waals surface area contributed by atoms with Gasteiger partial charge >= 0.3 is 0 Å². The Hall–Kier alpha value is 0.300. The van der Waals surface area contributed by atoms with Gasteiger partial charge in [0.05, 0.1) is 5.54 Å². The minimum Gasteiger partial charge on any atom is -0.319 e. The van der Waals surface area contributed by atoms with Gasteiger partial charge in [0, 0.05) is 0 Å². The molecule has 0 bridgehead atoms. The minimum absolute atomic E-state index is 0.0366. The topological polar surface area (TPSA) is 26.0 Å². The average Bonchev–Trinajstić information content (AvgIpc) is 2.94. The first-order valence-corrected chi connectivity index (χ1v) is 19.8. The van der Waals surface area contributed by atoms with Crippen molar-refractivity contribution < 1.29 is 0 Å². The fraction of sp³-hybridized carbons (Fsp3) is 0.882. The Labute approximate surface area is 234 Å². The third kappa shape index (κ3) is 8.64. The molecule has 4 aliphatic carbocycles. The van der Waals surface area contributed by atoms with E-state index >= 15 is 0 Å². The molecule has 0 spiro atoms. The van der Waals surface area contributed by atoms with Gasteiger partial charge in [0.2, 0.25) is 0 Å². The van der Waals surface area contributed by atoms with E-state index in [-0.39, 0.29) is 21.4 Å². The summed E-state index contributed by atoms with van der Waals surface area (Å²) in [5.41, 5.74) is 11.0. The fourth-order valence-corrected chi connectivity index (χ4v) is 16.8. The second-order valence-corrected chi connectivity index (χ2v) is 19.0. The van der Waals surface area contributed by atoms with Gasteiger partial charge in [0.15, 0.2) is 0 Å². The molecule has 0 aromatic carbocycles. The van der Waals surface area contributed by atoms with Gasteiger partial charge in [-0.2, -0.15) is 0 Å². The highest BCUT2D eigenvalue weighted by Gasteiger charge is 2.36. The molecule has 0 heterocycles. The predicted molar refractivity (Wildman–Crippen MR) is 171 cm³/mol. The lowest BCUT2D eigenvalue weighted by Gasteiger charge is -2.41. The van der Waals surface area contributed by atoms with Crippen molar-refractivity contribution >= 4 is 15.8 Å². The molecule has 4 fully saturated rings. The minimum atomic E-state index is -0.287. The van der Waals surface area contributed by atoms with Crippen LogP contribution in [0.3, 0.4) is 0 Å². The molecule has 0 unspecified atom stereocenters. The van der Waals surface area contributed by atoms with E-state index < -0.39 is 0 Å². The van der Waals surface area contributed by atoms with Crippen LogP contribution in [0, 0.1) is 0 Å². The number of allylic oxidation sites excluding steroid dienone is 2. The molecule has 0 amide bonds. The van der Waals surface area contributed by atoms with Crippen LogP contribution < -0.4 is 5.73 Å². The lowest BCUT2D eigenvalue weighted by atomic mass is 9.99. The summed E-state index contributed by atoms with van der Waals surface area (Å²) in [5.74, 6) is 0. The van der Waals surface area contributed by atoms with Crippen LogP contribution in [0.2, 0.25) is 0 Å². The third-order valence-corrected chi connectivity index (χ3v) is 17.6. The van der Waals surface area contributed by atoms with Gasteiger partial charge in [0.1, 0.15) is 0 Å². The summed E-state index contributed by atoms with van der Waals surface area (Å²) >= 11 is 0. The Morgan fingerprint density at radius 1 is 0.541 bits per heavy atom. The summed E-state index contributed by atoms with van der Waals surface area (Å²) in [7, 11) is -0.0732. The van der Waals surface area contributed by atoms with Crippen LogP contribution in [0.15, 0.2) is 22.8 Å². The molecule has 0 aliphatic heterocycles. The number of nitrogens with two attached hydrogens (primary N) is 1. The van der Waals surface area contributed by atoms with Crippen LogP contribution in [0.5, 0.6) is 0 Å². The van der Waals surface area contributed by atoms with E-state index in [1.165, 1.54) is 141 Å². The molecule has 0 atom stereocenters. The maximum absolute atomic E-state index is 7.33. The lowest BCUT2D eigenvalue weighted by molar-refractivity contribution is 0.485. The molecule has 0 aromatic heterocycles. The first-order valence-electron chi connectivity index (χ1n) is 16.8. The van der Waals surface area contributed by atoms with E-state index in [0.717, 1.165) is 22.6 Å². The Kier molecular flexibility index (Phi) is 12.5. The second kappa shape index (κ2) is 15.3. The lowest BCUT2D eigenvalue weighted by Crippen LogP contribution is -2.33. The zero-order valence-electron chi connectivity index (χ0n) is 25.0. The van der Waals surface area contributed by atoms with Gasteiger partial charge in [0.25, 0.3) is 0 Å². The highest BCUT2D eigenvalue weighted by molar-refractivity contribution is 7.63. The summed E-state index contributed by atoms with van der Waals surface area (Å²) in [6.07, 6.45) is 37.3. The van der Waals surface area contributed by atoms with Crippen LogP contribution in [-0.2, 0) is 0 Å². The molecular weight excluding hydrogens is 484 g/mol. The Bertz CT molecular complexity index is 620. The van der Waals surface area contributed by atoms with Crippen LogP contribution in [0.25, 0.3) is 0 Å². The van der Waals surface area contributed by atoms with E-state index in [1.54, 1.807) is 10.6 Å². The first-order chi connectivity index (χ1) is 18.0. The Morgan fingerprint density at radius 2 is 0.784 bits per heavy atom. The van der Waals surface area contributed by atoms with E-state index in [1.807, 2.05) is 0 Å². The smallest absolute Gasteiger partial charge is 0.0508 e. The van der Waals surface area contributed by atoms with Crippen LogP contribution in [-0.4, -0.2) is 28.2 Å². The van der Waals surface area contributed by atoms with Crippen molar-refractivity contribution in [2.75, 3.05) is 0 Å². The SMILES string of the molecule is CC/C(=C/C(C)(N)/C=C(/CC)P(C1CCCCC1)C1CCCCC1)P(C1CCCCC1)C1CCCCC1. The largest absolute Gasteiger partial charge is 0.319 e. The summed E-state index contributed by atoms with van der Waals surface area (Å²) in [5, 5.41) is 3.59. The van der Waals surface area contributed by atoms with E-state index in [0.29, 0.717) is 0 Å². The monoisotopic (exact) mass is 545 g/mol. The molecule has 1 nitrogen and oxygen atoms in total. The molecule has 4 aliphatic rings. The molecule has 4 rings (SSSR count). The zero-order valence-corrected chi connectivity index (χ0v) is 26.8. The van der Waals surface area contributed by atoms with Gasteiger partial charge < -0.3 is 5.73 Å². The summed E-state index contributed by atoms with van der Waals surface area (Å²) in [6, 6.07) is 0. The Balaban J connectivity index is 1.62. The van der Waals surface area contributed by atoms with Gasteiger partial charge in [-0.15, -0.1) is 0 Å². The quantitative estimate of drug-likeness (QED) is 0.271. The van der Waals surface area contributed by atoms with Crippen LogP contribution in [0.1, 0.15) is 162 Å². The normalized spacial score (nSPS) is 25.4. The average molecular weight is 546 g/mol. The van der Waals surface area contributed by atoms with Crippen molar-refractivity contribution in [2.45, 2.75) is 190 Å². The van der Waals surface area contributed by atoms with Gasteiger partial charge in [-0.3, -0.25) is 0 Å². The third-order valence-electron chi connectivity index (χ3n) is 10.2. The van der Waals surface area contributed by atoms with Crippen molar-refractivity contribution in [1.82, 2.24) is 0 Å². The molecular formula is C34H61NP2. The molecule has 3 heteroatoms. The predicted octanol–water partition coefficient (Wildman–Crippen LogP) is 11.6. The number of hydrogen-bond donors (Lipinski definition) is 1. The van der Waals surface area contributed by atoms with Crippen molar-refractivity contribution in [3.05, 3.63) is 22.8 Å². The van der Waals surface area contributed by atoms with E-state index in [4.69, 9.17) is 5.73 Å². The summed E-state index contributed by atoms with van der Waals surface area (Å²) < 4.78 is 0. The van der Waals surface area contributed by atoms with Crippen molar-refractivity contribution in [3.8, 4) is 0 Å². The van der Waals surface area contributed by atoms with E-state index in [2.05, 4.69) is 32.9 Å². The zero-order chi connectivity index (χ0) is 26.1. The highest BCUT2D eigenvalue weighted by Crippen LogP contribution is 2.64. The fourth-order valence-electron chi connectivity index (χ4n) is 8.45. The molecule has 37 heavy (non-hydrogen) atoms. The van der Waals surface area contributed by atoms with E-state index in [9.17, 15) is 0 Å². The van der Waals surface area contributed by atoms with Crippen LogP contribution in [0.4, 0.5) is 0 Å². The van der Waals surface area contributed by atoms with Crippen molar-refractivity contribution in [1.29, 1.82) is 0 Å². The summed E-state index contributed by atoms with van der Waals surface area (Å²) in [6.45, 7) is 7.26. The molecule has 4 saturated carbocycles. The second-order valence-electron chi connectivity index (χ2n) is 13.3. The molecule has 0 radical (unpaired) electrons. The van der Waals surface area contributed by atoms with Gasteiger partial charge in [-0.05, 0) is 104 Å². The number of hydrogen-bond acceptors (Lipinski definition) is 1.